The molecule has 30 heavy (non-hydrogen) atoms. The molecule has 0 aliphatic heterocycles. The van der Waals surface area contributed by atoms with E-state index in [2.05, 4.69) is 38.2 Å². The summed E-state index contributed by atoms with van der Waals surface area (Å²) in [6.45, 7) is 8.96. The van der Waals surface area contributed by atoms with Crippen molar-refractivity contribution in [2.45, 2.75) is 46.0 Å². The zero-order chi connectivity index (χ0) is 22.0. The van der Waals surface area contributed by atoms with E-state index in [0.29, 0.717) is 23.9 Å². The molecule has 6 nitrogen and oxygen atoms in total. The zero-order valence-corrected chi connectivity index (χ0v) is 18.5. The van der Waals surface area contributed by atoms with Gasteiger partial charge in [0.2, 0.25) is 0 Å². The van der Waals surface area contributed by atoms with Crippen molar-refractivity contribution >= 4 is 12.1 Å². The van der Waals surface area contributed by atoms with Crippen LogP contribution in [0, 0.1) is 0 Å². The first-order valence-electron chi connectivity index (χ1n) is 10.2. The van der Waals surface area contributed by atoms with Crippen LogP contribution in [-0.2, 0) is 10.2 Å². The van der Waals surface area contributed by atoms with Crippen LogP contribution in [0.2, 0.25) is 0 Å². The molecular weight excluding hydrogens is 380 g/mol. The highest BCUT2D eigenvalue weighted by molar-refractivity contribution is 5.83. The Hall–Kier alpha value is -3.02. The summed E-state index contributed by atoms with van der Waals surface area (Å²) in [4.78, 5) is 12.1. The molecule has 0 bridgehead atoms. The van der Waals surface area contributed by atoms with Gasteiger partial charge in [-0.05, 0) is 47.2 Å². The van der Waals surface area contributed by atoms with Crippen molar-refractivity contribution in [3.8, 4) is 17.2 Å². The first kappa shape index (κ1) is 23.3. The summed E-state index contributed by atoms with van der Waals surface area (Å²) >= 11 is 0. The summed E-state index contributed by atoms with van der Waals surface area (Å²) in [7, 11) is 1.59. The summed E-state index contributed by atoms with van der Waals surface area (Å²) in [5, 5.41) is 4.00. The molecule has 0 heterocycles. The van der Waals surface area contributed by atoms with Gasteiger partial charge in [-0.2, -0.15) is 5.10 Å². The Labute approximate surface area is 179 Å². The maximum Gasteiger partial charge on any atom is 0.277 e. The summed E-state index contributed by atoms with van der Waals surface area (Å²) < 4.78 is 16.8. The van der Waals surface area contributed by atoms with Crippen molar-refractivity contribution < 1.29 is 19.0 Å². The molecule has 2 aromatic rings. The molecule has 2 aromatic carbocycles. The Morgan fingerprint density at radius 2 is 1.83 bits per heavy atom. The Morgan fingerprint density at radius 1 is 1.07 bits per heavy atom. The van der Waals surface area contributed by atoms with E-state index in [4.69, 9.17) is 14.2 Å². The highest BCUT2D eigenvalue weighted by Gasteiger charge is 2.18. The average Bonchev–Trinajstić information content (AvgIpc) is 2.72. The molecule has 0 unspecified atom stereocenters. The van der Waals surface area contributed by atoms with Crippen LogP contribution in [0.4, 0.5) is 0 Å². The number of carbonyl (C=O) groups is 1. The van der Waals surface area contributed by atoms with Crippen molar-refractivity contribution in [3.05, 3.63) is 53.6 Å². The van der Waals surface area contributed by atoms with Crippen molar-refractivity contribution in [2.75, 3.05) is 20.3 Å². The number of nitrogens with one attached hydrogen (secondary N) is 1. The Morgan fingerprint density at radius 3 is 2.53 bits per heavy atom. The van der Waals surface area contributed by atoms with Gasteiger partial charge in [-0.15, -0.1) is 0 Å². The smallest absolute Gasteiger partial charge is 0.277 e. The van der Waals surface area contributed by atoms with Gasteiger partial charge in [0.05, 0.1) is 19.9 Å². The van der Waals surface area contributed by atoms with Gasteiger partial charge in [0, 0.05) is 0 Å². The number of rotatable bonds is 10. The molecule has 0 radical (unpaired) electrons. The second kappa shape index (κ2) is 11.2. The van der Waals surface area contributed by atoms with Gasteiger partial charge in [0.15, 0.2) is 18.1 Å². The Bertz CT molecular complexity index is 857. The van der Waals surface area contributed by atoms with Crippen LogP contribution in [0.5, 0.6) is 17.2 Å². The molecule has 1 amide bonds. The minimum atomic E-state index is -0.332. The number of hydrogen-bond acceptors (Lipinski definition) is 5. The van der Waals surface area contributed by atoms with E-state index in [1.807, 2.05) is 42.5 Å². The molecule has 0 aliphatic carbocycles. The van der Waals surface area contributed by atoms with Crippen LogP contribution in [0.3, 0.4) is 0 Å². The van der Waals surface area contributed by atoms with Gasteiger partial charge in [-0.1, -0.05) is 52.3 Å². The average molecular weight is 413 g/mol. The van der Waals surface area contributed by atoms with Crippen LogP contribution in [0.1, 0.15) is 51.7 Å². The zero-order valence-electron chi connectivity index (χ0n) is 18.5. The predicted molar refractivity (Wildman–Crippen MR) is 120 cm³/mol. The highest BCUT2D eigenvalue weighted by Crippen LogP contribution is 2.31. The Balaban J connectivity index is 1.90. The number of para-hydroxylation sites is 1. The van der Waals surface area contributed by atoms with Gasteiger partial charge < -0.3 is 14.2 Å². The summed E-state index contributed by atoms with van der Waals surface area (Å²) in [5.41, 5.74) is 4.25. The molecule has 0 aliphatic rings. The molecule has 2 rings (SSSR count). The van der Waals surface area contributed by atoms with Gasteiger partial charge in [-0.25, -0.2) is 5.43 Å². The third kappa shape index (κ3) is 7.10. The molecule has 162 valence electrons. The van der Waals surface area contributed by atoms with E-state index in [1.54, 1.807) is 13.3 Å². The number of unbranched alkanes of at least 4 members (excludes halogenated alkanes) is 1. The van der Waals surface area contributed by atoms with Crippen LogP contribution < -0.4 is 19.6 Å². The molecular formula is C24H32N2O4. The van der Waals surface area contributed by atoms with Crippen LogP contribution in [0.25, 0.3) is 0 Å². The lowest BCUT2D eigenvalue weighted by atomic mass is 9.86. The minimum absolute atomic E-state index is 0.0727. The largest absolute Gasteiger partial charge is 0.493 e. The third-order valence-corrected chi connectivity index (χ3v) is 4.40. The fraction of sp³-hybridized carbons (Fsp3) is 0.417. The summed E-state index contributed by atoms with van der Waals surface area (Å²) in [6, 6.07) is 13.2. The molecule has 0 saturated heterocycles. The topological polar surface area (TPSA) is 69.2 Å². The molecule has 0 atom stereocenters. The number of hydrogen-bond donors (Lipinski definition) is 1. The van der Waals surface area contributed by atoms with Gasteiger partial charge in [-0.3, -0.25) is 4.79 Å². The second-order valence-corrected chi connectivity index (χ2v) is 7.94. The van der Waals surface area contributed by atoms with E-state index in [9.17, 15) is 4.79 Å². The maximum atomic E-state index is 12.1. The van der Waals surface area contributed by atoms with E-state index < -0.39 is 0 Å². The minimum Gasteiger partial charge on any atom is -0.493 e. The summed E-state index contributed by atoms with van der Waals surface area (Å²) in [5.74, 6) is 1.69. The normalized spacial score (nSPS) is 11.4. The van der Waals surface area contributed by atoms with Crippen molar-refractivity contribution in [2.24, 2.45) is 5.10 Å². The fourth-order valence-electron chi connectivity index (χ4n) is 2.78. The molecule has 1 N–H and O–H groups in total. The quantitative estimate of drug-likeness (QED) is 0.349. The molecule has 0 fully saturated rings. The van der Waals surface area contributed by atoms with E-state index in [0.717, 1.165) is 24.0 Å². The number of benzene rings is 2. The Kier molecular flexibility index (Phi) is 8.71. The van der Waals surface area contributed by atoms with Crippen molar-refractivity contribution in [1.82, 2.24) is 5.43 Å². The lowest BCUT2D eigenvalue weighted by molar-refractivity contribution is -0.123. The van der Waals surface area contributed by atoms with Crippen LogP contribution >= 0.6 is 0 Å². The third-order valence-electron chi connectivity index (χ3n) is 4.40. The first-order valence-corrected chi connectivity index (χ1v) is 10.2. The monoisotopic (exact) mass is 412 g/mol. The number of hydrazone groups is 1. The van der Waals surface area contributed by atoms with E-state index in [1.165, 1.54) is 0 Å². The van der Waals surface area contributed by atoms with Crippen LogP contribution in [0.15, 0.2) is 47.6 Å². The lowest BCUT2D eigenvalue weighted by Gasteiger charge is -2.22. The van der Waals surface area contributed by atoms with E-state index >= 15 is 0 Å². The van der Waals surface area contributed by atoms with Crippen LogP contribution in [-0.4, -0.2) is 32.4 Å². The SMILES string of the molecule is CCCCOc1ccc(/C=N/NC(=O)COc2ccccc2C(C)(C)C)cc1OC. The number of nitrogens with zero attached hydrogens (tertiary/aromatic N) is 1. The standard InChI is InChI=1S/C24H32N2O4/c1-6-7-14-29-21-13-12-18(15-22(21)28-5)16-25-26-23(27)17-30-20-11-9-8-10-19(20)24(2,3)4/h8-13,15-16H,6-7,14,17H2,1-5H3,(H,26,27)/b25-16+. The van der Waals surface area contributed by atoms with E-state index in [-0.39, 0.29) is 17.9 Å². The first-order chi connectivity index (χ1) is 14.3. The summed E-state index contributed by atoms with van der Waals surface area (Å²) in [6.07, 6.45) is 3.61. The van der Waals surface area contributed by atoms with Gasteiger partial charge in [0.1, 0.15) is 5.75 Å². The molecule has 0 spiro atoms. The molecule has 0 aromatic heterocycles. The molecule has 0 saturated carbocycles. The predicted octanol–water partition coefficient (Wildman–Crippen LogP) is 4.70. The number of ether oxygens (including phenoxy) is 3. The number of amides is 1. The fourth-order valence-corrected chi connectivity index (χ4v) is 2.78. The number of carbonyl (C=O) groups excluding carboxylic acids is 1. The highest BCUT2D eigenvalue weighted by atomic mass is 16.5. The lowest BCUT2D eigenvalue weighted by Crippen LogP contribution is -2.25. The van der Waals surface area contributed by atoms with Gasteiger partial charge >= 0.3 is 0 Å². The number of methoxy groups -OCH3 is 1. The molecule has 6 heteroatoms. The van der Waals surface area contributed by atoms with Crippen molar-refractivity contribution in [1.29, 1.82) is 0 Å². The second-order valence-electron chi connectivity index (χ2n) is 7.94. The maximum absolute atomic E-state index is 12.1. The van der Waals surface area contributed by atoms with Crippen molar-refractivity contribution in [3.63, 3.8) is 0 Å². The van der Waals surface area contributed by atoms with Gasteiger partial charge in [0.25, 0.3) is 5.91 Å².